The quantitative estimate of drug-likeness (QED) is 0.915. The minimum absolute atomic E-state index is 0.000371. The van der Waals surface area contributed by atoms with Gasteiger partial charge in [0.05, 0.1) is 12.1 Å². The van der Waals surface area contributed by atoms with Crippen molar-refractivity contribution >= 4 is 11.7 Å². The number of alkyl halides is 3. The number of ketones is 1. The number of hydrogen-bond donors (Lipinski definition) is 1. The number of carbonyl (C=O) groups is 2. The second-order valence-electron chi connectivity index (χ2n) is 6.18. The summed E-state index contributed by atoms with van der Waals surface area (Å²) < 4.78 is 38.4. The number of nitrogens with zero attached hydrogens (tertiary/aromatic N) is 1. The van der Waals surface area contributed by atoms with Gasteiger partial charge in [0.1, 0.15) is 5.78 Å². The lowest BCUT2D eigenvalue weighted by Gasteiger charge is -2.35. The highest BCUT2D eigenvalue weighted by Gasteiger charge is 2.33. The normalized spacial score (nSPS) is 21.4. The number of rotatable bonds is 4. The molecule has 1 aliphatic rings. The number of benzene rings is 1. The molecule has 0 aromatic heterocycles. The van der Waals surface area contributed by atoms with Gasteiger partial charge in [-0.05, 0) is 37.5 Å². The van der Waals surface area contributed by atoms with E-state index >= 15 is 0 Å². The highest BCUT2D eigenvalue weighted by molar-refractivity contribution is 5.94. The third kappa shape index (κ3) is 4.14. The van der Waals surface area contributed by atoms with Gasteiger partial charge in [-0.1, -0.05) is 12.5 Å². The fourth-order valence-electron chi connectivity index (χ4n) is 3.17. The molecule has 1 aliphatic carbocycles. The molecule has 1 saturated carbocycles. The van der Waals surface area contributed by atoms with Crippen molar-refractivity contribution in [1.82, 2.24) is 4.90 Å². The Morgan fingerprint density at radius 3 is 2.62 bits per heavy atom. The van der Waals surface area contributed by atoms with Crippen LogP contribution in [0, 0.1) is 5.92 Å². The van der Waals surface area contributed by atoms with Crippen LogP contribution in [-0.4, -0.2) is 36.2 Å². The summed E-state index contributed by atoms with van der Waals surface area (Å²) in [7, 11) is 1.57. The number of hydrogen-bond acceptors (Lipinski definition) is 3. The predicted octanol–water partition coefficient (Wildman–Crippen LogP) is 2.86. The molecule has 0 bridgehead atoms. The highest BCUT2D eigenvalue weighted by atomic mass is 19.4. The molecule has 2 N–H and O–H groups in total. The van der Waals surface area contributed by atoms with Gasteiger partial charge in [0.2, 0.25) is 0 Å². The van der Waals surface area contributed by atoms with Crippen molar-refractivity contribution < 1.29 is 22.8 Å². The Labute approximate surface area is 138 Å². The summed E-state index contributed by atoms with van der Waals surface area (Å²) in [5, 5.41) is 0. The van der Waals surface area contributed by atoms with Gasteiger partial charge in [-0.25, -0.2) is 0 Å². The van der Waals surface area contributed by atoms with E-state index in [-0.39, 0.29) is 29.9 Å². The maximum atomic E-state index is 12.8. The fraction of sp³-hybridized carbons (Fsp3) is 0.529. The van der Waals surface area contributed by atoms with E-state index in [1.165, 1.54) is 17.0 Å². The number of amides is 1. The summed E-state index contributed by atoms with van der Waals surface area (Å²) in [6.45, 7) is -0.0251. The van der Waals surface area contributed by atoms with Crippen LogP contribution >= 0.6 is 0 Å². The van der Waals surface area contributed by atoms with Crippen molar-refractivity contribution in [3.05, 3.63) is 35.4 Å². The lowest BCUT2D eigenvalue weighted by molar-refractivity contribution is -0.137. The maximum Gasteiger partial charge on any atom is 0.416 e. The van der Waals surface area contributed by atoms with Gasteiger partial charge in [0.25, 0.3) is 5.91 Å². The average Bonchev–Trinajstić information content (AvgIpc) is 2.59. The molecular weight excluding hydrogens is 321 g/mol. The smallest absolute Gasteiger partial charge is 0.339 e. The third-order valence-corrected chi connectivity index (χ3v) is 4.61. The van der Waals surface area contributed by atoms with Crippen molar-refractivity contribution in [3.63, 3.8) is 0 Å². The summed E-state index contributed by atoms with van der Waals surface area (Å²) in [6, 6.07) is 4.24. The molecule has 0 unspecified atom stereocenters. The minimum atomic E-state index is -4.49. The summed E-state index contributed by atoms with van der Waals surface area (Å²) >= 11 is 0. The van der Waals surface area contributed by atoms with Gasteiger partial charge in [-0.3, -0.25) is 9.59 Å². The molecule has 2 rings (SSSR count). The summed E-state index contributed by atoms with van der Waals surface area (Å²) in [5.74, 6) is -0.669. The molecule has 7 heteroatoms. The van der Waals surface area contributed by atoms with Crippen molar-refractivity contribution in [3.8, 4) is 0 Å². The lowest BCUT2D eigenvalue weighted by atomic mass is 9.82. The van der Waals surface area contributed by atoms with Gasteiger partial charge in [-0.2, -0.15) is 13.2 Å². The standard InChI is InChI=1S/C17H21F3N2O2/c1-22(14-7-3-4-11(9-14)15(23)10-21)16(24)12-5-2-6-13(8-12)17(18,19)20/h2,5-6,8,11,14H,3-4,7,9-10,21H2,1H3/t11-,14+/m0/s1. The first-order chi connectivity index (χ1) is 11.2. The molecule has 0 heterocycles. The number of carbonyl (C=O) groups excluding carboxylic acids is 2. The van der Waals surface area contributed by atoms with Crippen LogP contribution in [0.4, 0.5) is 13.2 Å². The fourth-order valence-corrected chi connectivity index (χ4v) is 3.17. The Morgan fingerprint density at radius 1 is 1.29 bits per heavy atom. The Morgan fingerprint density at radius 2 is 2.00 bits per heavy atom. The second kappa shape index (κ2) is 7.34. The topological polar surface area (TPSA) is 63.4 Å². The van der Waals surface area contributed by atoms with Gasteiger partial charge in [0.15, 0.2) is 0 Å². The van der Waals surface area contributed by atoms with Crippen LogP contribution in [-0.2, 0) is 11.0 Å². The molecule has 1 aromatic rings. The Kier molecular flexibility index (Phi) is 5.64. The molecule has 0 spiro atoms. The van der Waals surface area contributed by atoms with E-state index in [0.717, 1.165) is 31.4 Å². The van der Waals surface area contributed by atoms with Crippen LogP contribution < -0.4 is 5.73 Å². The molecule has 1 aromatic carbocycles. The zero-order valence-corrected chi connectivity index (χ0v) is 13.5. The van der Waals surface area contributed by atoms with Crippen molar-refractivity contribution in [2.45, 2.75) is 37.9 Å². The van der Waals surface area contributed by atoms with E-state index in [1.54, 1.807) is 7.05 Å². The second-order valence-corrected chi connectivity index (χ2v) is 6.18. The first-order valence-electron chi connectivity index (χ1n) is 7.91. The molecule has 0 radical (unpaired) electrons. The van der Waals surface area contributed by atoms with E-state index in [9.17, 15) is 22.8 Å². The van der Waals surface area contributed by atoms with Gasteiger partial charge in [0, 0.05) is 24.6 Å². The van der Waals surface area contributed by atoms with Gasteiger partial charge in [-0.15, -0.1) is 0 Å². The monoisotopic (exact) mass is 342 g/mol. The molecule has 0 aliphatic heterocycles. The molecule has 1 amide bonds. The first kappa shape index (κ1) is 18.4. The Hall–Kier alpha value is -1.89. The molecule has 1 fully saturated rings. The predicted molar refractivity (Wildman–Crippen MR) is 83.3 cm³/mol. The molecule has 24 heavy (non-hydrogen) atoms. The molecule has 0 saturated heterocycles. The van der Waals surface area contributed by atoms with Gasteiger partial charge < -0.3 is 10.6 Å². The largest absolute Gasteiger partial charge is 0.416 e. The van der Waals surface area contributed by atoms with E-state index < -0.39 is 17.6 Å². The van der Waals surface area contributed by atoms with Crippen molar-refractivity contribution in [2.24, 2.45) is 11.7 Å². The Balaban J connectivity index is 2.13. The number of nitrogens with two attached hydrogens (primary N) is 1. The molecule has 4 nitrogen and oxygen atoms in total. The van der Waals surface area contributed by atoms with Crippen LogP contribution in [0.25, 0.3) is 0 Å². The van der Waals surface area contributed by atoms with Crippen LogP contribution in [0.15, 0.2) is 24.3 Å². The van der Waals surface area contributed by atoms with Crippen molar-refractivity contribution in [2.75, 3.05) is 13.6 Å². The van der Waals surface area contributed by atoms with Crippen LogP contribution in [0.3, 0.4) is 0 Å². The molecular formula is C17H21F3N2O2. The average molecular weight is 342 g/mol. The van der Waals surface area contributed by atoms with Crippen LogP contribution in [0.1, 0.15) is 41.6 Å². The van der Waals surface area contributed by atoms with Crippen LogP contribution in [0.5, 0.6) is 0 Å². The van der Waals surface area contributed by atoms with Crippen LogP contribution in [0.2, 0.25) is 0 Å². The van der Waals surface area contributed by atoms with E-state index in [1.807, 2.05) is 0 Å². The van der Waals surface area contributed by atoms with E-state index in [4.69, 9.17) is 5.73 Å². The third-order valence-electron chi connectivity index (χ3n) is 4.61. The van der Waals surface area contributed by atoms with E-state index in [2.05, 4.69) is 0 Å². The zero-order valence-electron chi connectivity index (χ0n) is 13.5. The summed E-state index contributed by atoms with van der Waals surface area (Å²) in [6.07, 6.45) is -1.70. The SMILES string of the molecule is CN(C(=O)c1cccc(C(F)(F)F)c1)[C@@H]1CCC[C@H](C(=O)CN)C1. The highest BCUT2D eigenvalue weighted by Crippen LogP contribution is 2.31. The molecule has 2 atom stereocenters. The Bertz CT molecular complexity index is 616. The minimum Gasteiger partial charge on any atom is -0.339 e. The summed E-state index contributed by atoms with van der Waals surface area (Å²) in [4.78, 5) is 25.7. The zero-order chi connectivity index (χ0) is 17.9. The van der Waals surface area contributed by atoms with Crippen molar-refractivity contribution in [1.29, 1.82) is 0 Å². The first-order valence-corrected chi connectivity index (χ1v) is 7.91. The maximum absolute atomic E-state index is 12.8. The summed E-state index contributed by atoms with van der Waals surface area (Å²) in [5.41, 5.74) is 4.55. The number of Topliss-reactive ketones (excluding diaryl/α,β-unsaturated/α-hetero) is 1. The number of halogens is 3. The lowest BCUT2D eigenvalue weighted by Crippen LogP contribution is -2.42. The molecule has 132 valence electrons. The van der Waals surface area contributed by atoms with E-state index in [0.29, 0.717) is 6.42 Å². The van der Waals surface area contributed by atoms with Gasteiger partial charge >= 0.3 is 6.18 Å².